The highest BCUT2D eigenvalue weighted by Gasteiger charge is 2.19. The predicted octanol–water partition coefficient (Wildman–Crippen LogP) is 5.82. The lowest BCUT2D eigenvalue weighted by Crippen LogP contribution is -2.01. The molecule has 0 radical (unpaired) electrons. The first kappa shape index (κ1) is 21.7. The molecule has 0 aliphatic heterocycles. The summed E-state index contributed by atoms with van der Waals surface area (Å²) in [6.07, 6.45) is 1.56. The maximum absolute atomic E-state index is 13.1. The minimum atomic E-state index is -0.409. The summed E-state index contributed by atoms with van der Waals surface area (Å²) in [4.78, 5) is 13.1. The van der Waals surface area contributed by atoms with Gasteiger partial charge in [0.2, 0.25) is 0 Å². The van der Waals surface area contributed by atoms with E-state index in [9.17, 15) is 15.2 Å². The Kier molecular flexibility index (Phi) is 6.10. The second-order valence-corrected chi connectivity index (χ2v) is 7.58. The zero-order valence-corrected chi connectivity index (χ0v) is 18.4. The molecule has 0 atom stereocenters. The van der Waals surface area contributed by atoms with Crippen LogP contribution in [0.4, 0.5) is 22.2 Å². The lowest BCUT2D eigenvalue weighted by molar-refractivity contribution is 0.103. The molecule has 10 nitrogen and oxygen atoms in total. The number of nitriles is 1. The first-order chi connectivity index (χ1) is 16.0. The van der Waals surface area contributed by atoms with Gasteiger partial charge in [-0.1, -0.05) is 30.3 Å². The summed E-state index contributed by atoms with van der Waals surface area (Å²) in [5, 5.41) is 40.9. The lowest BCUT2D eigenvalue weighted by atomic mass is 10.0. The van der Waals surface area contributed by atoms with Gasteiger partial charge in [-0.3, -0.25) is 4.79 Å². The monoisotopic (exact) mass is 456 g/mol. The third kappa shape index (κ3) is 4.56. The minimum Gasteiger partial charge on any atom is -0.505 e. The van der Waals surface area contributed by atoms with Crippen LogP contribution in [0.15, 0.2) is 75.2 Å². The van der Waals surface area contributed by atoms with Gasteiger partial charge in [-0.25, -0.2) is 4.68 Å². The van der Waals surface area contributed by atoms with Gasteiger partial charge in [-0.15, -0.1) is 20.5 Å². The Labute approximate surface area is 192 Å². The van der Waals surface area contributed by atoms with Gasteiger partial charge in [0, 0.05) is 18.7 Å². The third-order valence-corrected chi connectivity index (χ3v) is 5.45. The standard InChI is InChI=1S/C22H16N8O2S/c1-13-17(12-23)22(33-29-13)28-25-15-10-16(20(31)14-6-4-3-5-7-14)21(32)18(11-15)26-27-19-8-9-24-30(19)2/h3-11,32H,1-2H3/b27-26+,28-25+. The summed E-state index contributed by atoms with van der Waals surface area (Å²) in [5.41, 5.74) is 1.57. The normalized spacial score (nSPS) is 11.3. The quantitative estimate of drug-likeness (QED) is 0.287. The number of azo groups is 2. The van der Waals surface area contributed by atoms with E-state index in [1.807, 2.05) is 0 Å². The van der Waals surface area contributed by atoms with Crippen molar-refractivity contribution in [1.29, 1.82) is 5.26 Å². The van der Waals surface area contributed by atoms with Gasteiger partial charge in [0.1, 0.15) is 17.3 Å². The molecule has 0 aliphatic rings. The van der Waals surface area contributed by atoms with Crippen molar-refractivity contribution in [2.24, 2.45) is 27.5 Å². The number of phenols is 1. The number of nitrogens with zero attached hydrogens (tertiary/aromatic N) is 8. The topological polar surface area (TPSA) is 141 Å². The number of hydrogen-bond donors (Lipinski definition) is 1. The fourth-order valence-electron chi connectivity index (χ4n) is 2.88. The first-order valence-electron chi connectivity index (χ1n) is 9.62. The number of rotatable bonds is 6. The molecule has 162 valence electrons. The van der Waals surface area contributed by atoms with Crippen LogP contribution in [0.5, 0.6) is 5.75 Å². The Balaban J connectivity index is 1.79. The van der Waals surface area contributed by atoms with Crippen molar-refractivity contribution in [3.63, 3.8) is 0 Å². The van der Waals surface area contributed by atoms with E-state index < -0.39 is 5.78 Å². The number of aryl methyl sites for hydroxylation is 2. The second-order valence-electron chi connectivity index (χ2n) is 6.83. The Morgan fingerprint density at radius 3 is 2.61 bits per heavy atom. The Morgan fingerprint density at radius 1 is 1.12 bits per heavy atom. The molecule has 2 aromatic heterocycles. The number of ketones is 1. The molecule has 0 saturated carbocycles. The van der Waals surface area contributed by atoms with Crippen molar-refractivity contribution in [3.05, 3.63) is 77.1 Å². The van der Waals surface area contributed by atoms with Crippen LogP contribution in [-0.4, -0.2) is 25.0 Å². The van der Waals surface area contributed by atoms with Crippen LogP contribution in [-0.2, 0) is 7.05 Å². The Hall–Kier alpha value is -4.56. The van der Waals surface area contributed by atoms with Crippen LogP contribution < -0.4 is 0 Å². The molecule has 0 saturated heterocycles. The van der Waals surface area contributed by atoms with Gasteiger partial charge in [-0.05, 0) is 30.6 Å². The number of aromatic hydroxyl groups is 1. The van der Waals surface area contributed by atoms with Crippen LogP contribution in [0.3, 0.4) is 0 Å². The number of aromatic nitrogens is 3. The highest BCUT2D eigenvalue weighted by molar-refractivity contribution is 7.10. The zero-order valence-electron chi connectivity index (χ0n) is 17.5. The minimum absolute atomic E-state index is 0.00222. The van der Waals surface area contributed by atoms with Gasteiger partial charge in [0.15, 0.2) is 22.4 Å². The number of hydrogen-bond acceptors (Lipinski definition) is 10. The molecule has 2 heterocycles. The molecule has 4 aromatic rings. The summed E-state index contributed by atoms with van der Waals surface area (Å²) < 4.78 is 5.62. The second kappa shape index (κ2) is 9.29. The smallest absolute Gasteiger partial charge is 0.196 e. The number of carbonyl (C=O) groups excluding carboxylic acids is 1. The van der Waals surface area contributed by atoms with Gasteiger partial charge >= 0.3 is 0 Å². The molecule has 0 spiro atoms. The highest BCUT2D eigenvalue weighted by atomic mass is 32.1. The fourth-order valence-corrected chi connectivity index (χ4v) is 3.56. The van der Waals surface area contributed by atoms with Crippen LogP contribution in [0.25, 0.3) is 0 Å². The van der Waals surface area contributed by atoms with Crippen molar-refractivity contribution in [2.75, 3.05) is 0 Å². The third-order valence-electron chi connectivity index (χ3n) is 4.62. The number of phenolic OH excluding ortho intramolecular Hbond substituents is 1. The summed E-state index contributed by atoms with van der Waals surface area (Å²) in [5.74, 6) is -0.287. The molecular weight excluding hydrogens is 440 g/mol. The molecule has 2 aromatic carbocycles. The van der Waals surface area contributed by atoms with E-state index in [1.54, 1.807) is 56.6 Å². The van der Waals surface area contributed by atoms with Crippen LogP contribution in [0.1, 0.15) is 27.2 Å². The molecule has 0 unspecified atom stereocenters. The molecule has 1 N–H and O–H groups in total. The molecule has 0 aliphatic carbocycles. The maximum atomic E-state index is 13.1. The van der Waals surface area contributed by atoms with Crippen LogP contribution in [0, 0.1) is 18.3 Å². The number of carbonyl (C=O) groups is 1. The van der Waals surface area contributed by atoms with E-state index in [2.05, 4.69) is 36.0 Å². The largest absolute Gasteiger partial charge is 0.505 e. The highest BCUT2D eigenvalue weighted by Crippen LogP contribution is 2.38. The van der Waals surface area contributed by atoms with Crippen molar-refractivity contribution in [1.82, 2.24) is 14.2 Å². The van der Waals surface area contributed by atoms with Gasteiger partial charge < -0.3 is 5.11 Å². The fraction of sp³-hybridized carbons (Fsp3) is 0.0909. The van der Waals surface area contributed by atoms with E-state index in [-0.39, 0.29) is 22.7 Å². The van der Waals surface area contributed by atoms with E-state index in [0.29, 0.717) is 27.6 Å². The van der Waals surface area contributed by atoms with E-state index in [0.717, 1.165) is 11.5 Å². The lowest BCUT2D eigenvalue weighted by Gasteiger charge is -2.07. The molecule has 4 rings (SSSR count). The van der Waals surface area contributed by atoms with Gasteiger partial charge in [-0.2, -0.15) is 14.7 Å². The van der Waals surface area contributed by atoms with E-state index in [4.69, 9.17) is 0 Å². The summed E-state index contributed by atoms with van der Waals surface area (Å²) >= 11 is 1.04. The van der Waals surface area contributed by atoms with Crippen LogP contribution in [0.2, 0.25) is 0 Å². The zero-order chi connectivity index (χ0) is 23.4. The van der Waals surface area contributed by atoms with Gasteiger partial charge in [0.25, 0.3) is 0 Å². The van der Waals surface area contributed by atoms with Crippen molar-refractivity contribution < 1.29 is 9.90 Å². The van der Waals surface area contributed by atoms with Crippen molar-refractivity contribution in [2.45, 2.75) is 6.92 Å². The predicted molar refractivity (Wildman–Crippen MR) is 121 cm³/mol. The molecule has 33 heavy (non-hydrogen) atoms. The first-order valence-corrected chi connectivity index (χ1v) is 10.4. The Bertz CT molecular complexity index is 1430. The van der Waals surface area contributed by atoms with Crippen molar-refractivity contribution in [3.8, 4) is 11.8 Å². The maximum Gasteiger partial charge on any atom is 0.196 e. The molecular formula is C22H16N8O2S. The summed E-state index contributed by atoms with van der Waals surface area (Å²) in [6, 6.07) is 15.1. The summed E-state index contributed by atoms with van der Waals surface area (Å²) in [6.45, 7) is 1.71. The molecule has 0 bridgehead atoms. The SMILES string of the molecule is Cc1nsc(/N=N/c2cc(/N=N/c3ccnn3C)c(O)c(C(=O)c3ccccc3)c2)c1C#N. The van der Waals surface area contributed by atoms with E-state index in [1.165, 1.54) is 16.8 Å². The Morgan fingerprint density at radius 2 is 1.91 bits per heavy atom. The average molecular weight is 456 g/mol. The van der Waals surface area contributed by atoms with Crippen LogP contribution >= 0.6 is 11.5 Å². The molecule has 11 heteroatoms. The average Bonchev–Trinajstić information content (AvgIpc) is 3.41. The van der Waals surface area contributed by atoms with E-state index >= 15 is 0 Å². The molecule has 0 fully saturated rings. The van der Waals surface area contributed by atoms with Gasteiger partial charge in [0.05, 0.1) is 23.1 Å². The summed E-state index contributed by atoms with van der Waals surface area (Å²) in [7, 11) is 1.70. The van der Waals surface area contributed by atoms with Crippen molar-refractivity contribution >= 4 is 39.5 Å². The number of benzene rings is 2. The molecule has 0 amide bonds.